The number of nitrogens with one attached hydrogen (secondary N) is 1. The summed E-state index contributed by atoms with van der Waals surface area (Å²) in [6.45, 7) is 2.90. The number of piperidine rings is 1. The highest BCUT2D eigenvalue weighted by Gasteiger charge is 2.19. The minimum Gasteiger partial charge on any atom is -0.480 e. The highest BCUT2D eigenvalue weighted by Crippen LogP contribution is 2.20. The summed E-state index contributed by atoms with van der Waals surface area (Å²) in [5, 5.41) is 12.4. The van der Waals surface area contributed by atoms with E-state index in [1.54, 1.807) is 24.3 Å². The molecule has 160 valence electrons. The molecule has 2 N–H and O–H groups in total. The topological polar surface area (TPSA) is 105 Å². The second-order valence-corrected chi connectivity index (χ2v) is 7.74. The van der Waals surface area contributed by atoms with Gasteiger partial charge >= 0.3 is 5.97 Å². The fraction of sp³-hybridized carbons (Fsp3) is 0.429. The first-order chi connectivity index (χ1) is 14.5. The molecule has 9 heteroatoms. The van der Waals surface area contributed by atoms with Crippen LogP contribution in [0.15, 0.2) is 35.3 Å². The van der Waals surface area contributed by atoms with Crippen LogP contribution in [0.5, 0.6) is 0 Å². The van der Waals surface area contributed by atoms with Crippen LogP contribution in [-0.2, 0) is 11.3 Å². The van der Waals surface area contributed by atoms with Crippen LogP contribution in [0.4, 0.5) is 0 Å². The largest absolute Gasteiger partial charge is 0.480 e. The van der Waals surface area contributed by atoms with Crippen LogP contribution < -0.4 is 10.9 Å². The second-order valence-electron chi connectivity index (χ2n) is 7.30. The standard InChI is InChI=1S/C21H25ClN4O4/c22-16-7-4-6-15(12-16)19-24-13-17(21(30)26(19)14-18(27)28)20(29)23-8-5-11-25-9-2-1-3-10-25/h4,6-7,12-13H,1-3,5,8-11,14H2,(H,23,29)(H,27,28). The van der Waals surface area contributed by atoms with Gasteiger partial charge in [0.15, 0.2) is 0 Å². The van der Waals surface area contributed by atoms with Crippen LogP contribution in [0, 0.1) is 0 Å². The van der Waals surface area contributed by atoms with Crippen LogP contribution >= 0.6 is 11.6 Å². The summed E-state index contributed by atoms with van der Waals surface area (Å²) in [4.78, 5) is 43.2. The molecule has 0 saturated carbocycles. The number of amides is 1. The molecule has 1 saturated heterocycles. The third kappa shape index (κ3) is 5.67. The smallest absolute Gasteiger partial charge is 0.323 e. The zero-order valence-electron chi connectivity index (χ0n) is 16.6. The monoisotopic (exact) mass is 432 g/mol. The normalized spacial score (nSPS) is 14.4. The highest BCUT2D eigenvalue weighted by atomic mass is 35.5. The molecule has 1 fully saturated rings. The van der Waals surface area contributed by atoms with E-state index in [0.717, 1.165) is 30.6 Å². The van der Waals surface area contributed by atoms with Gasteiger partial charge in [0.1, 0.15) is 17.9 Å². The van der Waals surface area contributed by atoms with E-state index in [2.05, 4.69) is 15.2 Å². The molecule has 30 heavy (non-hydrogen) atoms. The number of carboxylic acids is 1. The van der Waals surface area contributed by atoms with Crippen LogP contribution in [0.2, 0.25) is 5.02 Å². The number of carbonyl (C=O) groups excluding carboxylic acids is 1. The number of aliphatic carboxylic acids is 1. The summed E-state index contributed by atoms with van der Waals surface area (Å²) in [7, 11) is 0. The lowest BCUT2D eigenvalue weighted by molar-refractivity contribution is -0.137. The molecular weight excluding hydrogens is 408 g/mol. The van der Waals surface area contributed by atoms with Gasteiger partial charge in [0.25, 0.3) is 11.5 Å². The second kappa shape index (κ2) is 10.4. The number of rotatable bonds is 8. The van der Waals surface area contributed by atoms with Gasteiger partial charge in [0.2, 0.25) is 0 Å². The maximum Gasteiger partial charge on any atom is 0.323 e. The Labute approximate surface area is 179 Å². The lowest BCUT2D eigenvalue weighted by atomic mass is 10.1. The Bertz CT molecular complexity index is 970. The minimum atomic E-state index is -1.21. The molecule has 1 aromatic heterocycles. The summed E-state index contributed by atoms with van der Waals surface area (Å²) in [6.07, 6.45) is 5.66. The van der Waals surface area contributed by atoms with Gasteiger partial charge in [-0.1, -0.05) is 30.2 Å². The quantitative estimate of drug-likeness (QED) is 0.620. The molecule has 0 aliphatic carbocycles. The number of hydrogen-bond donors (Lipinski definition) is 2. The zero-order valence-corrected chi connectivity index (χ0v) is 17.4. The molecule has 8 nitrogen and oxygen atoms in total. The molecule has 0 atom stereocenters. The molecule has 0 unspecified atom stereocenters. The van der Waals surface area contributed by atoms with Gasteiger partial charge in [-0.05, 0) is 51.0 Å². The molecule has 1 aliphatic heterocycles. The van der Waals surface area contributed by atoms with Crippen molar-refractivity contribution in [3.8, 4) is 11.4 Å². The molecule has 1 amide bonds. The lowest BCUT2D eigenvalue weighted by Gasteiger charge is -2.26. The van der Waals surface area contributed by atoms with Crippen molar-refractivity contribution in [3.05, 3.63) is 51.4 Å². The van der Waals surface area contributed by atoms with Gasteiger partial charge in [-0.2, -0.15) is 0 Å². The highest BCUT2D eigenvalue weighted by molar-refractivity contribution is 6.30. The number of halogens is 1. The fourth-order valence-electron chi connectivity index (χ4n) is 3.57. The van der Waals surface area contributed by atoms with Crippen LogP contribution in [0.1, 0.15) is 36.0 Å². The number of carbonyl (C=O) groups is 2. The van der Waals surface area contributed by atoms with E-state index in [4.69, 9.17) is 11.6 Å². The SMILES string of the molecule is O=C(O)Cn1c(-c2cccc(Cl)c2)ncc(C(=O)NCCCN2CCCCC2)c1=O. The van der Waals surface area contributed by atoms with E-state index in [9.17, 15) is 19.5 Å². The summed E-state index contributed by atoms with van der Waals surface area (Å²) >= 11 is 6.00. The fourth-order valence-corrected chi connectivity index (χ4v) is 3.76. The van der Waals surface area contributed by atoms with Crippen LogP contribution in [-0.4, -0.2) is 57.6 Å². The molecule has 1 aromatic carbocycles. The van der Waals surface area contributed by atoms with E-state index >= 15 is 0 Å². The van der Waals surface area contributed by atoms with Crippen molar-refractivity contribution in [2.75, 3.05) is 26.2 Å². The number of aromatic nitrogens is 2. The van der Waals surface area contributed by atoms with Gasteiger partial charge in [-0.15, -0.1) is 0 Å². The van der Waals surface area contributed by atoms with Crippen LogP contribution in [0.25, 0.3) is 11.4 Å². The van der Waals surface area contributed by atoms with Crippen molar-refractivity contribution < 1.29 is 14.7 Å². The minimum absolute atomic E-state index is 0.145. The van der Waals surface area contributed by atoms with Gasteiger partial charge < -0.3 is 15.3 Å². The van der Waals surface area contributed by atoms with Crippen molar-refractivity contribution in [2.45, 2.75) is 32.2 Å². The number of carboxylic acid groups (broad SMARTS) is 1. The maximum absolute atomic E-state index is 12.9. The Morgan fingerprint density at radius 1 is 1.20 bits per heavy atom. The van der Waals surface area contributed by atoms with Gasteiger partial charge in [-0.25, -0.2) is 4.98 Å². The molecule has 1 aliphatic rings. The van der Waals surface area contributed by atoms with Gasteiger partial charge in [-0.3, -0.25) is 19.0 Å². The van der Waals surface area contributed by atoms with Crippen LogP contribution in [0.3, 0.4) is 0 Å². The van der Waals surface area contributed by atoms with E-state index in [1.165, 1.54) is 25.5 Å². The van der Waals surface area contributed by atoms with Crippen molar-refractivity contribution in [3.63, 3.8) is 0 Å². The predicted molar refractivity (Wildman–Crippen MR) is 114 cm³/mol. The summed E-state index contributed by atoms with van der Waals surface area (Å²) in [5.41, 5.74) is -0.384. The van der Waals surface area contributed by atoms with Gasteiger partial charge in [0.05, 0.1) is 0 Å². The Morgan fingerprint density at radius 3 is 2.67 bits per heavy atom. The average Bonchev–Trinajstić information content (AvgIpc) is 2.73. The number of likely N-dealkylation sites (tertiary alicyclic amines) is 1. The first-order valence-electron chi connectivity index (χ1n) is 10.0. The Kier molecular flexibility index (Phi) is 7.59. The third-order valence-corrected chi connectivity index (χ3v) is 5.29. The summed E-state index contributed by atoms with van der Waals surface area (Å²) < 4.78 is 0.983. The summed E-state index contributed by atoms with van der Waals surface area (Å²) in [6, 6.07) is 6.60. The first kappa shape index (κ1) is 22.0. The van der Waals surface area contributed by atoms with E-state index in [-0.39, 0.29) is 11.4 Å². The molecule has 0 spiro atoms. The van der Waals surface area contributed by atoms with Gasteiger partial charge in [0, 0.05) is 23.3 Å². The Morgan fingerprint density at radius 2 is 1.97 bits per heavy atom. The number of benzene rings is 1. The predicted octanol–water partition coefficient (Wildman–Crippen LogP) is 2.25. The third-order valence-electron chi connectivity index (χ3n) is 5.05. The Balaban J connectivity index is 1.73. The lowest BCUT2D eigenvalue weighted by Crippen LogP contribution is -2.37. The molecule has 2 aromatic rings. The average molecular weight is 433 g/mol. The molecule has 0 radical (unpaired) electrons. The Hall–Kier alpha value is -2.71. The molecule has 2 heterocycles. The number of nitrogens with zero attached hydrogens (tertiary/aromatic N) is 3. The molecule has 0 bridgehead atoms. The van der Waals surface area contributed by atoms with E-state index < -0.39 is 24.0 Å². The molecule has 3 rings (SSSR count). The van der Waals surface area contributed by atoms with E-state index in [0.29, 0.717) is 17.1 Å². The van der Waals surface area contributed by atoms with Crippen molar-refractivity contribution >= 4 is 23.5 Å². The van der Waals surface area contributed by atoms with Crippen molar-refractivity contribution in [1.29, 1.82) is 0 Å². The van der Waals surface area contributed by atoms with Crippen molar-refractivity contribution in [2.24, 2.45) is 0 Å². The maximum atomic E-state index is 12.9. The zero-order chi connectivity index (χ0) is 21.5. The molecular formula is C21H25ClN4O4. The number of hydrogen-bond acceptors (Lipinski definition) is 5. The van der Waals surface area contributed by atoms with Crippen molar-refractivity contribution in [1.82, 2.24) is 19.8 Å². The first-order valence-corrected chi connectivity index (χ1v) is 10.4. The summed E-state index contributed by atoms with van der Waals surface area (Å²) in [5.74, 6) is -1.62. The van der Waals surface area contributed by atoms with E-state index in [1.807, 2.05) is 0 Å².